The molecule has 3 nitrogen and oxygen atoms in total. The second-order valence-electron chi connectivity index (χ2n) is 5.22. The Kier molecular flexibility index (Phi) is 3.36. The maximum atomic E-state index is 12.3. The summed E-state index contributed by atoms with van der Waals surface area (Å²) in [5.41, 5.74) is 3.36. The molecule has 0 aliphatic heterocycles. The van der Waals surface area contributed by atoms with Crippen molar-refractivity contribution in [2.45, 2.75) is 24.2 Å². The molecule has 1 N–H and O–H groups in total. The van der Waals surface area contributed by atoms with Gasteiger partial charge in [-0.3, -0.25) is 0 Å². The summed E-state index contributed by atoms with van der Waals surface area (Å²) in [6, 6.07) is 15.2. The van der Waals surface area contributed by atoms with Crippen LogP contribution in [0.1, 0.15) is 22.6 Å². The summed E-state index contributed by atoms with van der Waals surface area (Å²) in [7, 11) is -3.41. The number of aryl methyl sites for hydroxylation is 1. The Morgan fingerprint density at radius 2 is 1.80 bits per heavy atom. The lowest BCUT2D eigenvalue weighted by molar-refractivity contribution is 0.551. The van der Waals surface area contributed by atoms with Crippen LogP contribution in [0.2, 0.25) is 0 Å². The zero-order valence-corrected chi connectivity index (χ0v) is 12.2. The van der Waals surface area contributed by atoms with Crippen molar-refractivity contribution in [2.75, 3.05) is 6.54 Å². The first-order chi connectivity index (χ1) is 9.58. The third kappa shape index (κ3) is 2.37. The molecule has 1 aliphatic carbocycles. The van der Waals surface area contributed by atoms with Gasteiger partial charge in [0.05, 0.1) is 4.90 Å². The van der Waals surface area contributed by atoms with Crippen LogP contribution in [0, 0.1) is 6.92 Å². The van der Waals surface area contributed by atoms with E-state index in [0.29, 0.717) is 17.4 Å². The first kappa shape index (κ1) is 13.3. The Morgan fingerprint density at radius 1 is 1.10 bits per heavy atom. The third-order valence-corrected chi connectivity index (χ3v) is 5.45. The fraction of sp³-hybridized carbons (Fsp3) is 0.250. The Labute approximate surface area is 119 Å². The highest BCUT2D eigenvalue weighted by Gasteiger charge is 2.27. The molecule has 20 heavy (non-hydrogen) atoms. The van der Waals surface area contributed by atoms with E-state index in [1.165, 1.54) is 11.1 Å². The predicted octanol–water partition coefficient (Wildman–Crippen LogP) is 2.61. The van der Waals surface area contributed by atoms with E-state index in [4.69, 9.17) is 0 Å². The number of rotatable bonds is 4. The standard InChI is InChI=1S/C16H17NO2S/c1-12-6-2-5-9-16(12)20(18,19)17-11-14-10-13-7-3-4-8-15(13)14/h2-9,14,17H,10-11H2,1H3. The molecule has 0 fully saturated rings. The average molecular weight is 287 g/mol. The fourth-order valence-corrected chi connectivity index (χ4v) is 4.02. The minimum absolute atomic E-state index is 0.296. The molecular formula is C16H17NO2S. The van der Waals surface area contributed by atoms with E-state index in [1.54, 1.807) is 12.1 Å². The molecular weight excluding hydrogens is 270 g/mol. The quantitative estimate of drug-likeness (QED) is 0.939. The molecule has 4 heteroatoms. The number of hydrogen-bond donors (Lipinski definition) is 1. The largest absolute Gasteiger partial charge is 0.240 e. The number of sulfonamides is 1. The predicted molar refractivity (Wildman–Crippen MR) is 79.3 cm³/mol. The number of fused-ring (bicyclic) bond motifs is 1. The van der Waals surface area contributed by atoms with Gasteiger partial charge in [0, 0.05) is 12.5 Å². The summed E-state index contributed by atoms with van der Waals surface area (Å²) in [6.45, 7) is 2.28. The van der Waals surface area contributed by atoms with Gasteiger partial charge in [-0.15, -0.1) is 0 Å². The molecule has 1 unspecified atom stereocenters. The molecule has 1 atom stereocenters. The van der Waals surface area contributed by atoms with Gasteiger partial charge in [-0.25, -0.2) is 13.1 Å². The van der Waals surface area contributed by atoms with Crippen LogP contribution in [0.15, 0.2) is 53.4 Å². The van der Waals surface area contributed by atoms with Crippen molar-refractivity contribution in [1.82, 2.24) is 4.72 Å². The number of benzene rings is 2. The summed E-state index contributed by atoms with van der Waals surface area (Å²) in [4.78, 5) is 0.368. The van der Waals surface area contributed by atoms with Gasteiger partial charge in [-0.05, 0) is 36.1 Å². The second kappa shape index (κ2) is 5.04. The third-order valence-electron chi connectivity index (χ3n) is 3.86. The monoisotopic (exact) mass is 287 g/mol. The van der Waals surface area contributed by atoms with Crippen molar-refractivity contribution in [1.29, 1.82) is 0 Å². The van der Waals surface area contributed by atoms with Crippen molar-refractivity contribution < 1.29 is 8.42 Å². The Balaban J connectivity index is 1.72. The van der Waals surface area contributed by atoms with E-state index in [1.807, 2.05) is 31.2 Å². The first-order valence-electron chi connectivity index (χ1n) is 6.71. The van der Waals surface area contributed by atoms with E-state index >= 15 is 0 Å². The highest BCUT2D eigenvalue weighted by Crippen LogP contribution is 2.34. The van der Waals surface area contributed by atoms with Gasteiger partial charge in [0.25, 0.3) is 0 Å². The SMILES string of the molecule is Cc1ccccc1S(=O)(=O)NCC1Cc2ccccc21. The van der Waals surface area contributed by atoms with Crippen LogP contribution >= 0.6 is 0 Å². The Morgan fingerprint density at radius 3 is 2.55 bits per heavy atom. The van der Waals surface area contributed by atoms with Crippen molar-refractivity contribution in [3.05, 3.63) is 65.2 Å². The van der Waals surface area contributed by atoms with Crippen LogP contribution in [-0.2, 0) is 16.4 Å². The first-order valence-corrected chi connectivity index (χ1v) is 8.19. The van der Waals surface area contributed by atoms with Crippen molar-refractivity contribution in [3.8, 4) is 0 Å². The maximum absolute atomic E-state index is 12.3. The fourth-order valence-electron chi connectivity index (χ4n) is 2.69. The van der Waals surface area contributed by atoms with Crippen LogP contribution in [0.25, 0.3) is 0 Å². The highest BCUT2D eigenvalue weighted by molar-refractivity contribution is 7.89. The molecule has 0 saturated carbocycles. The minimum atomic E-state index is -3.41. The molecule has 0 bridgehead atoms. The number of nitrogens with one attached hydrogen (secondary N) is 1. The maximum Gasteiger partial charge on any atom is 0.240 e. The Hall–Kier alpha value is -1.65. The molecule has 0 aromatic heterocycles. The van der Waals surface area contributed by atoms with Gasteiger partial charge in [-0.1, -0.05) is 42.5 Å². The minimum Gasteiger partial charge on any atom is -0.211 e. The molecule has 0 amide bonds. The van der Waals surface area contributed by atoms with Crippen LogP contribution in [0.3, 0.4) is 0 Å². The lowest BCUT2D eigenvalue weighted by Crippen LogP contribution is -2.33. The smallest absolute Gasteiger partial charge is 0.211 e. The van der Waals surface area contributed by atoms with E-state index < -0.39 is 10.0 Å². The van der Waals surface area contributed by atoms with Crippen molar-refractivity contribution in [2.24, 2.45) is 0 Å². The van der Waals surface area contributed by atoms with Gasteiger partial charge < -0.3 is 0 Å². The number of hydrogen-bond acceptors (Lipinski definition) is 2. The molecule has 0 radical (unpaired) electrons. The molecule has 1 aliphatic rings. The van der Waals surface area contributed by atoms with Gasteiger partial charge in [0.1, 0.15) is 0 Å². The van der Waals surface area contributed by atoms with E-state index in [-0.39, 0.29) is 0 Å². The van der Waals surface area contributed by atoms with Gasteiger partial charge >= 0.3 is 0 Å². The van der Waals surface area contributed by atoms with E-state index in [2.05, 4.69) is 16.9 Å². The molecule has 0 heterocycles. The molecule has 104 valence electrons. The summed E-state index contributed by atoms with van der Waals surface area (Å²) in [5, 5.41) is 0. The molecule has 0 spiro atoms. The summed E-state index contributed by atoms with van der Waals surface area (Å²) >= 11 is 0. The zero-order valence-electron chi connectivity index (χ0n) is 11.3. The van der Waals surface area contributed by atoms with Gasteiger partial charge in [0.2, 0.25) is 10.0 Å². The lowest BCUT2D eigenvalue weighted by Gasteiger charge is -2.30. The average Bonchev–Trinajstić information content (AvgIpc) is 2.40. The van der Waals surface area contributed by atoms with Crippen LogP contribution < -0.4 is 4.72 Å². The highest BCUT2D eigenvalue weighted by atomic mass is 32.2. The summed E-state index contributed by atoms with van der Waals surface area (Å²) in [6.07, 6.45) is 0.951. The van der Waals surface area contributed by atoms with Crippen molar-refractivity contribution >= 4 is 10.0 Å². The van der Waals surface area contributed by atoms with Crippen LogP contribution in [0.5, 0.6) is 0 Å². The molecule has 2 aromatic rings. The van der Waals surface area contributed by atoms with E-state index in [0.717, 1.165) is 12.0 Å². The second-order valence-corrected chi connectivity index (χ2v) is 6.95. The molecule has 3 rings (SSSR count). The normalized spacial score (nSPS) is 17.4. The summed E-state index contributed by atoms with van der Waals surface area (Å²) in [5.74, 6) is 0.296. The topological polar surface area (TPSA) is 46.2 Å². The molecule has 2 aromatic carbocycles. The van der Waals surface area contributed by atoms with Crippen molar-refractivity contribution in [3.63, 3.8) is 0 Å². The lowest BCUT2D eigenvalue weighted by atomic mass is 9.78. The Bertz CT molecular complexity index is 738. The van der Waals surface area contributed by atoms with E-state index in [9.17, 15) is 8.42 Å². The zero-order chi connectivity index (χ0) is 14.2. The van der Waals surface area contributed by atoms with Gasteiger partial charge in [0.15, 0.2) is 0 Å². The summed E-state index contributed by atoms with van der Waals surface area (Å²) < 4.78 is 27.3. The van der Waals surface area contributed by atoms with Gasteiger partial charge in [-0.2, -0.15) is 0 Å². The molecule has 0 saturated heterocycles. The van der Waals surface area contributed by atoms with Crippen LogP contribution in [0.4, 0.5) is 0 Å². The van der Waals surface area contributed by atoms with Crippen LogP contribution in [-0.4, -0.2) is 15.0 Å².